The molecule has 0 radical (unpaired) electrons. The van der Waals surface area contributed by atoms with Crippen LogP contribution in [0.2, 0.25) is 0 Å². The Kier molecular flexibility index (Phi) is 6.29. The fraction of sp³-hybridized carbons (Fsp3) is 0.159. The minimum atomic E-state index is -0.109. The summed E-state index contributed by atoms with van der Waals surface area (Å²) in [7, 11) is 0. The molecule has 1 aromatic heterocycles. The van der Waals surface area contributed by atoms with Gasteiger partial charge in [0, 0.05) is 45.6 Å². The zero-order valence-corrected chi connectivity index (χ0v) is 26.7. The molecule has 6 aromatic rings. The summed E-state index contributed by atoms with van der Waals surface area (Å²) in [5, 5.41) is 4.94. The van der Waals surface area contributed by atoms with Gasteiger partial charge in [-0.25, -0.2) is 14.7 Å². The van der Waals surface area contributed by atoms with E-state index in [0.29, 0.717) is 17.9 Å². The van der Waals surface area contributed by atoms with Crippen LogP contribution < -0.4 is 9.91 Å². The van der Waals surface area contributed by atoms with Gasteiger partial charge in [-0.15, -0.1) is 0 Å². The Morgan fingerprint density at radius 1 is 0.646 bits per heavy atom. The molecule has 10 rings (SSSR count). The van der Waals surface area contributed by atoms with Crippen molar-refractivity contribution in [3.05, 3.63) is 186 Å². The molecule has 3 heterocycles. The Hall–Kier alpha value is -5.61. The van der Waals surface area contributed by atoms with Gasteiger partial charge < -0.3 is 4.90 Å². The van der Waals surface area contributed by atoms with Crippen LogP contribution >= 0.6 is 0 Å². The van der Waals surface area contributed by atoms with Crippen molar-refractivity contribution in [1.29, 1.82) is 0 Å². The highest BCUT2D eigenvalue weighted by molar-refractivity contribution is 6.14. The lowest BCUT2D eigenvalue weighted by Crippen LogP contribution is -2.50. The van der Waals surface area contributed by atoms with Crippen LogP contribution in [0.4, 0.5) is 5.69 Å². The van der Waals surface area contributed by atoms with Gasteiger partial charge in [0.05, 0.1) is 11.0 Å². The van der Waals surface area contributed by atoms with E-state index >= 15 is 0 Å². The summed E-state index contributed by atoms with van der Waals surface area (Å²) >= 11 is 0. The van der Waals surface area contributed by atoms with E-state index in [1.165, 1.54) is 49.9 Å². The van der Waals surface area contributed by atoms with Crippen LogP contribution in [0.25, 0.3) is 21.8 Å². The SMILES string of the molecule is C1=CC2=C(CC1)N(c1ccccc1)C1CC(c3ccc4c5ccccc5n(N5C(c6ccccc6)=NC5c5ccccc5)c4c3)C=CC21. The molecule has 0 amide bonds. The largest absolute Gasteiger partial charge is 0.341 e. The third kappa shape index (κ3) is 4.18. The minimum absolute atomic E-state index is 0.109. The Bertz CT molecular complexity index is 2290. The summed E-state index contributed by atoms with van der Waals surface area (Å²) in [4.78, 5) is 7.90. The molecule has 4 unspecified atom stereocenters. The lowest BCUT2D eigenvalue weighted by Gasteiger charge is -2.41. The zero-order chi connectivity index (χ0) is 31.6. The molecule has 5 aromatic carbocycles. The van der Waals surface area contributed by atoms with Crippen LogP contribution in [0.5, 0.6) is 0 Å². The lowest BCUT2D eigenvalue weighted by molar-refractivity contribution is 0.492. The van der Waals surface area contributed by atoms with E-state index in [9.17, 15) is 0 Å². The molecule has 0 fully saturated rings. The van der Waals surface area contributed by atoms with Gasteiger partial charge in [-0.05, 0) is 60.2 Å². The monoisotopic (exact) mass is 620 g/mol. The van der Waals surface area contributed by atoms with Crippen molar-refractivity contribution in [1.82, 2.24) is 4.68 Å². The first-order chi connectivity index (χ1) is 23.8. The summed E-state index contributed by atoms with van der Waals surface area (Å²) in [5.41, 5.74) is 10.4. The van der Waals surface area contributed by atoms with Crippen LogP contribution in [-0.2, 0) is 0 Å². The number of hydrogen-bond donors (Lipinski definition) is 0. The van der Waals surface area contributed by atoms with Crippen molar-refractivity contribution in [3.63, 3.8) is 0 Å². The average Bonchev–Trinajstić information content (AvgIpc) is 3.64. The van der Waals surface area contributed by atoms with Crippen molar-refractivity contribution < 1.29 is 0 Å². The number of benzene rings is 5. The lowest BCUT2D eigenvalue weighted by atomic mass is 9.78. The second kappa shape index (κ2) is 11.0. The molecule has 232 valence electrons. The first kappa shape index (κ1) is 27.5. The standard InChI is InChI=1S/C44H36N4/c1-4-14-30(15-5-1)43-45-44(31-16-6-2-7-17-31)48(43)47-40-23-13-11-21-36(40)38-27-25-33(29-42(38)47)32-24-26-37-35-20-10-12-22-39(35)46(41(37)28-32)34-18-8-3-9-19-34/h1-11,13-21,23-27,29,32,37,41,43H,12,22,28H2. The van der Waals surface area contributed by atoms with Crippen LogP contribution in [-0.4, -0.2) is 16.6 Å². The van der Waals surface area contributed by atoms with Crippen molar-refractivity contribution in [2.45, 2.75) is 37.4 Å². The van der Waals surface area contributed by atoms with E-state index in [4.69, 9.17) is 4.99 Å². The first-order valence-electron chi connectivity index (χ1n) is 17.3. The third-order valence-corrected chi connectivity index (χ3v) is 10.8. The minimum Gasteiger partial charge on any atom is -0.341 e. The molecule has 0 spiro atoms. The maximum Gasteiger partial charge on any atom is 0.170 e. The van der Waals surface area contributed by atoms with Crippen LogP contribution in [0.15, 0.2) is 174 Å². The van der Waals surface area contributed by atoms with Gasteiger partial charge in [0.2, 0.25) is 0 Å². The molecule has 4 atom stereocenters. The Balaban J connectivity index is 1.10. The zero-order valence-electron chi connectivity index (χ0n) is 26.7. The van der Waals surface area contributed by atoms with E-state index in [1.54, 1.807) is 0 Å². The Morgan fingerprint density at radius 3 is 2.21 bits per heavy atom. The molecule has 2 aliphatic heterocycles. The topological polar surface area (TPSA) is 23.8 Å². The van der Waals surface area contributed by atoms with Crippen molar-refractivity contribution in [2.75, 3.05) is 9.91 Å². The van der Waals surface area contributed by atoms with Crippen LogP contribution in [0, 0.1) is 5.92 Å². The van der Waals surface area contributed by atoms with E-state index in [1.807, 2.05) is 0 Å². The fourth-order valence-corrected chi connectivity index (χ4v) is 8.62. The van der Waals surface area contributed by atoms with Gasteiger partial charge in [-0.2, -0.15) is 0 Å². The van der Waals surface area contributed by atoms with Gasteiger partial charge in [0.15, 0.2) is 12.0 Å². The number of para-hydroxylation sites is 2. The van der Waals surface area contributed by atoms with E-state index in [-0.39, 0.29) is 6.17 Å². The normalized spacial score (nSPS) is 23.0. The van der Waals surface area contributed by atoms with Gasteiger partial charge in [0.1, 0.15) is 0 Å². The number of aliphatic imine (C=N–C) groups is 1. The van der Waals surface area contributed by atoms with Gasteiger partial charge >= 0.3 is 0 Å². The van der Waals surface area contributed by atoms with E-state index < -0.39 is 0 Å². The highest BCUT2D eigenvalue weighted by Crippen LogP contribution is 2.49. The van der Waals surface area contributed by atoms with Crippen LogP contribution in [0.1, 0.15) is 48.0 Å². The number of amidine groups is 1. The molecule has 0 bridgehead atoms. The summed E-state index contributed by atoms with van der Waals surface area (Å²) in [6.45, 7) is 0. The predicted molar refractivity (Wildman–Crippen MR) is 198 cm³/mol. The highest BCUT2D eigenvalue weighted by Gasteiger charge is 2.42. The molecule has 0 saturated heterocycles. The van der Waals surface area contributed by atoms with E-state index in [0.717, 1.165) is 30.7 Å². The number of aromatic nitrogens is 1. The highest BCUT2D eigenvalue weighted by atomic mass is 15.7. The second-order valence-electron chi connectivity index (χ2n) is 13.4. The van der Waals surface area contributed by atoms with Crippen molar-refractivity contribution >= 4 is 33.3 Å². The van der Waals surface area contributed by atoms with Gasteiger partial charge in [0.25, 0.3) is 0 Å². The summed E-state index contributed by atoms with van der Waals surface area (Å²) in [6.07, 6.45) is 13.0. The third-order valence-electron chi connectivity index (χ3n) is 10.8. The van der Waals surface area contributed by atoms with Crippen LogP contribution in [0.3, 0.4) is 0 Å². The fourth-order valence-electron chi connectivity index (χ4n) is 8.62. The summed E-state index contributed by atoms with van der Waals surface area (Å²) < 4.78 is 2.44. The molecule has 0 saturated carbocycles. The average molecular weight is 621 g/mol. The smallest absolute Gasteiger partial charge is 0.170 e. The molecular formula is C44H36N4. The number of anilines is 1. The molecular weight excluding hydrogens is 585 g/mol. The summed E-state index contributed by atoms with van der Waals surface area (Å²) in [5.74, 6) is 1.75. The maximum absolute atomic E-state index is 5.23. The number of nitrogens with zero attached hydrogens (tertiary/aromatic N) is 4. The molecule has 4 heteroatoms. The summed E-state index contributed by atoms with van der Waals surface area (Å²) in [6, 6.07) is 48.7. The maximum atomic E-state index is 5.23. The molecule has 4 aliphatic rings. The van der Waals surface area contributed by atoms with Gasteiger partial charge in [-0.3, -0.25) is 0 Å². The molecule has 0 N–H and O–H groups in total. The molecule has 4 nitrogen and oxygen atoms in total. The van der Waals surface area contributed by atoms with Gasteiger partial charge in [-0.1, -0.05) is 133 Å². The quantitative estimate of drug-likeness (QED) is 0.179. The van der Waals surface area contributed by atoms with Crippen molar-refractivity contribution in [3.8, 4) is 0 Å². The van der Waals surface area contributed by atoms with Crippen molar-refractivity contribution in [2.24, 2.45) is 10.9 Å². The second-order valence-corrected chi connectivity index (χ2v) is 13.4. The molecule has 2 aliphatic carbocycles. The Labute approximate surface area is 281 Å². The molecule has 48 heavy (non-hydrogen) atoms. The Morgan fingerprint density at radius 2 is 1.38 bits per heavy atom. The number of allylic oxidation sites excluding steroid dienone is 4. The number of hydrogen-bond acceptors (Lipinski definition) is 3. The van der Waals surface area contributed by atoms with E-state index in [2.05, 4.69) is 172 Å². The first-order valence-corrected chi connectivity index (χ1v) is 17.3. The number of rotatable bonds is 5. The number of fused-ring (bicyclic) bond motifs is 5. The predicted octanol–water partition coefficient (Wildman–Crippen LogP) is 10.0.